The Hall–Kier alpha value is -2.14. The van der Waals surface area contributed by atoms with Crippen LogP contribution < -0.4 is 5.32 Å². The number of nitrogens with zero attached hydrogens (tertiary/aromatic N) is 2. The lowest BCUT2D eigenvalue weighted by molar-refractivity contribution is 0.0691. The van der Waals surface area contributed by atoms with Crippen LogP contribution in [-0.2, 0) is 23.0 Å². The van der Waals surface area contributed by atoms with Gasteiger partial charge < -0.3 is 10.4 Å². The van der Waals surface area contributed by atoms with E-state index in [1.165, 1.54) is 15.2 Å². The number of Topliss-reactive ketones (excluding diaryl/α,β-unsaturated/α-hetero) is 1. The largest absolute Gasteiger partial charge is 0.476 e. The number of thiazole rings is 1. The fraction of sp³-hybridized carbons (Fsp3) is 0.476. The highest BCUT2D eigenvalue weighted by molar-refractivity contribution is 7.88. The van der Waals surface area contributed by atoms with Crippen LogP contribution in [0.2, 0.25) is 0 Å². The summed E-state index contributed by atoms with van der Waals surface area (Å²) in [5, 5.41) is 13.5. The second-order valence-electron chi connectivity index (χ2n) is 7.72. The number of carbonyl (C=O) groups is 2. The van der Waals surface area contributed by atoms with E-state index < -0.39 is 28.1 Å². The molecule has 2 atom stereocenters. The molecule has 0 spiro atoms. The first-order valence-corrected chi connectivity index (χ1v) is 12.9. The summed E-state index contributed by atoms with van der Waals surface area (Å²) in [6.07, 6.45) is 4.83. The summed E-state index contributed by atoms with van der Waals surface area (Å²) >= 11 is 0.957. The quantitative estimate of drug-likeness (QED) is 0.518. The molecule has 3 rings (SSSR count). The van der Waals surface area contributed by atoms with E-state index in [0.29, 0.717) is 13.0 Å². The molecule has 1 aromatic carbocycles. The molecule has 1 aromatic heterocycles. The van der Waals surface area contributed by atoms with E-state index in [-0.39, 0.29) is 23.0 Å². The number of aryl methyl sites for hydroxylation is 1. The molecule has 0 bridgehead atoms. The van der Waals surface area contributed by atoms with Gasteiger partial charge in [-0.25, -0.2) is 18.2 Å². The molecule has 10 heteroatoms. The van der Waals surface area contributed by atoms with Crippen molar-refractivity contribution in [3.63, 3.8) is 0 Å². The average Bonchev–Trinajstić information content (AvgIpc) is 3.40. The molecule has 2 N–H and O–H groups in total. The van der Waals surface area contributed by atoms with Crippen molar-refractivity contribution in [2.24, 2.45) is 0 Å². The Balaban J connectivity index is 1.80. The number of nitrogens with one attached hydrogen (secondary N) is 1. The number of hydrogen-bond acceptors (Lipinski definition) is 7. The van der Waals surface area contributed by atoms with Crippen LogP contribution in [0.3, 0.4) is 0 Å². The van der Waals surface area contributed by atoms with Crippen LogP contribution in [0.15, 0.2) is 29.6 Å². The number of hydrogen-bond donors (Lipinski definition) is 2. The van der Waals surface area contributed by atoms with Crippen molar-refractivity contribution in [3.8, 4) is 0 Å². The molecule has 1 aliphatic rings. The van der Waals surface area contributed by atoms with E-state index in [9.17, 15) is 18.0 Å². The second-order valence-corrected chi connectivity index (χ2v) is 10.5. The maximum absolute atomic E-state index is 13.0. The van der Waals surface area contributed by atoms with Gasteiger partial charge in [-0.05, 0) is 36.9 Å². The van der Waals surface area contributed by atoms with Gasteiger partial charge in [-0.1, -0.05) is 37.6 Å². The monoisotopic (exact) mass is 465 g/mol. The lowest BCUT2D eigenvalue weighted by Gasteiger charge is -2.30. The number of aromatic nitrogens is 1. The molecule has 1 aliphatic heterocycles. The van der Waals surface area contributed by atoms with Gasteiger partial charge in [0, 0.05) is 18.0 Å². The van der Waals surface area contributed by atoms with Gasteiger partial charge in [0.1, 0.15) is 0 Å². The van der Waals surface area contributed by atoms with Crippen molar-refractivity contribution < 1.29 is 23.1 Å². The third kappa shape index (κ3) is 5.76. The minimum Gasteiger partial charge on any atom is -0.476 e. The van der Waals surface area contributed by atoms with Gasteiger partial charge in [-0.3, -0.25) is 4.79 Å². The Morgan fingerprint density at radius 1 is 1.26 bits per heavy atom. The van der Waals surface area contributed by atoms with Crippen molar-refractivity contribution >= 4 is 33.1 Å². The predicted octanol–water partition coefficient (Wildman–Crippen LogP) is 2.56. The zero-order valence-electron chi connectivity index (χ0n) is 17.6. The van der Waals surface area contributed by atoms with Crippen LogP contribution in [0.25, 0.3) is 0 Å². The third-order valence-corrected chi connectivity index (χ3v) is 7.49. The summed E-state index contributed by atoms with van der Waals surface area (Å²) < 4.78 is 26.6. The summed E-state index contributed by atoms with van der Waals surface area (Å²) in [6.45, 7) is 2.79. The van der Waals surface area contributed by atoms with Gasteiger partial charge in [0.2, 0.25) is 15.8 Å². The van der Waals surface area contributed by atoms with Gasteiger partial charge in [-0.2, -0.15) is 4.31 Å². The lowest BCUT2D eigenvalue weighted by atomic mass is 10.0. The van der Waals surface area contributed by atoms with Gasteiger partial charge >= 0.3 is 5.97 Å². The van der Waals surface area contributed by atoms with Crippen molar-refractivity contribution in [3.05, 3.63) is 51.5 Å². The molecule has 8 nitrogen and oxygen atoms in total. The average molecular weight is 466 g/mol. The van der Waals surface area contributed by atoms with Crippen molar-refractivity contribution in [1.29, 1.82) is 0 Å². The molecule has 2 aromatic rings. The lowest BCUT2D eigenvalue weighted by Crippen LogP contribution is -2.49. The number of aromatic carboxylic acids is 1. The number of carboxylic acids is 1. The number of unbranched alkanes of at least 4 members (excludes halogenated alkanes) is 1. The first-order chi connectivity index (χ1) is 14.7. The normalized spacial score (nSPS) is 19.1. The number of benzene rings is 1. The smallest absolute Gasteiger partial charge is 0.355 e. The third-order valence-electron chi connectivity index (χ3n) is 5.38. The SMILES string of the molecule is CCCCc1ccc(CN(C2CCN[C@@H]2C(=O)c2nc(C(=O)O)cs2)S(C)(=O)=O)cc1. The summed E-state index contributed by atoms with van der Waals surface area (Å²) in [7, 11) is -3.60. The molecule has 1 unspecified atom stereocenters. The number of carbonyl (C=O) groups excluding carboxylic acids is 1. The Bertz CT molecular complexity index is 1030. The Kier molecular flexibility index (Phi) is 7.58. The molecule has 0 saturated carbocycles. The molecule has 0 amide bonds. The summed E-state index contributed by atoms with van der Waals surface area (Å²) in [5.41, 5.74) is 1.88. The minimum atomic E-state index is -3.60. The fourth-order valence-electron chi connectivity index (χ4n) is 3.74. The van der Waals surface area contributed by atoms with Gasteiger partial charge in [0.15, 0.2) is 10.7 Å². The topological polar surface area (TPSA) is 117 Å². The predicted molar refractivity (Wildman–Crippen MR) is 119 cm³/mol. The molecule has 1 fully saturated rings. The standard InChI is InChI=1S/C21H27N3O5S2/c1-3-4-5-14-6-8-15(9-7-14)12-24(31(2,28)29)17-10-11-22-18(17)19(25)20-23-16(13-30-20)21(26)27/h6-9,13,17-18,22H,3-5,10-12H2,1-2H3,(H,26,27)/t17?,18-/m0/s1. The Morgan fingerprint density at radius 3 is 2.52 bits per heavy atom. The van der Waals surface area contributed by atoms with E-state index in [4.69, 9.17) is 5.11 Å². The van der Waals surface area contributed by atoms with E-state index in [1.807, 2.05) is 24.3 Å². The van der Waals surface area contributed by atoms with Crippen LogP contribution >= 0.6 is 11.3 Å². The fourth-order valence-corrected chi connectivity index (χ4v) is 5.61. The Labute approximate surface area is 186 Å². The summed E-state index contributed by atoms with van der Waals surface area (Å²) in [5.74, 6) is -1.59. The highest BCUT2D eigenvalue weighted by atomic mass is 32.2. The van der Waals surface area contributed by atoms with E-state index in [0.717, 1.165) is 42.4 Å². The first kappa shape index (κ1) is 23.5. The van der Waals surface area contributed by atoms with Crippen molar-refractivity contribution in [2.75, 3.05) is 12.8 Å². The first-order valence-electron chi connectivity index (χ1n) is 10.2. The minimum absolute atomic E-state index is 0.0653. The maximum atomic E-state index is 13.0. The molecule has 0 radical (unpaired) electrons. The van der Waals surface area contributed by atoms with E-state index in [1.54, 1.807) is 0 Å². The van der Waals surface area contributed by atoms with E-state index in [2.05, 4.69) is 17.2 Å². The molecule has 31 heavy (non-hydrogen) atoms. The molecule has 1 saturated heterocycles. The number of sulfonamides is 1. The molecule has 168 valence electrons. The van der Waals surface area contributed by atoms with Crippen LogP contribution in [0, 0.1) is 0 Å². The van der Waals surface area contributed by atoms with Crippen LogP contribution in [-0.4, -0.2) is 59.5 Å². The number of rotatable bonds is 10. The molecular weight excluding hydrogens is 438 g/mol. The highest BCUT2D eigenvalue weighted by Crippen LogP contribution is 2.25. The molecule has 0 aliphatic carbocycles. The zero-order chi connectivity index (χ0) is 22.6. The molecule has 2 heterocycles. The number of carboxylic acid groups (broad SMARTS) is 1. The van der Waals surface area contributed by atoms with E-state index >= 15 is 0 Å². The molecular formula is C21H27N3O5S2. The van der Waals surface area contributed by atoms with Crippen LogP contribution in [0.5, 0.6) is 0 Å². The summed E-state index contributed by atoms with van der Waals surface area (Å²) in [4.78, 5) is 28.0. The van der Waals surface area contributed by atoms with Gasteiger partial charge in [-0.15, -0.1) is 11.3 Å². The van der Waals surface area contributed by atoms with Crippen molar-refractivity contribution in [2.45, 2.75) is 51.2 Å². The zero-order valence-corrected chi connectivity index (χ0v) is 19.2. The summed E-state index contributed by atoms with van der Waals surface area (Å²) in [6, 6.07) is 6.56. The van der Waals surface area contributed by atoms with Crippen molar-refractivity contribution in [1.82, 2.24) is 14.6 Å². The highest BCUT2D eigenvalue weighted by Gasteiger charge is 2.41. The maximum Gasteiger partial charge on any atom is 0.355 e. The van der Waals surface area contributed by atoms with Crippen LogP contribution in [0.1, 0.15) is 57.6 Å². The van der Waals surface area contributed by atoms with Gasteiger partial charge in [0.05, 0.1) is 12.3 Å². The Morgan fingerprint density at radius 2 is 1.94 bits per heavy atom. The number of ketones is 1. The van der Waals surface area contributed by atoms with Crippen LogP contribution in [0.4, 0.5) is 0 Å². The van der Waals surface area contributed by atoms with Gasteiger partial charge in [0.25, 0.3) is 0 Å². The second kappa shape index (κ2) is 9.99.